The number of rotatable bonds is 3. The maximum atomic E-state index is 12.6. The maximum Gasteiger partial charge on any atom is 0.255 e. The van der Waals surface area contributed by atoms with Crippen molar-refractivity contribution in [1.29, 1.82) is 0 Å². The maximum absolute atomic E-state index is 12.6. The Morgan fingerprint density at radius 2 is 2.08 bits per heavy atom. The van der Waals surface area contributed by atoms with E-state index in [0.717, 1.165) is 29.8 Å². The molecule has 0 saturated carbocycles. The highest BCUT2D eigenvalue weighted by Crippen LogP contribution is 2.18. The van der Waals surface area contributed by atoms with Gasteiger partial charge in [0, 0.05) is 6.54 Å². The first-order valence-corrected chi connectivity index (χ1v) is 8.27. The van der Waals surface area contributed by atoms with Crippen LogP contribution in [0.25, 0.3) is 5.69 Å². The van der Waals surface area contributed by atoms with Gasteiger partial charge < -0.3 is 10.6 Å². The molecule has 0 spiro atoms. The molecular formula is C18H22N4O2. The van der Waals surface area contributed by atoms with Gasteiger partial charge in [0.2, 0.25) is 5.91 Å². The van der Waals surface area contributed by atoms with Crippen molar-refractivity contribution in [1.82, 2.24) is 20.4 Å². The Hall–Kier alpha value is -2.63. The minimum absolute atomic E-state index is 0.107. The van der Waals surface area contributed by atoms with E-state index >= 15 is 0 Å². The van der Waals surface area contributed by atoms with Gasteiger partial charge in [-0.25, -0.2) is 4.68 Å². The lowest BCUT2D eigenvalue weighted by atomic mass is 10.1. The Morgan fingerprint density at radius 1 is 1.29 bits per heavy atom. The number of aryl methyl sites for hydroxylation is 1. The molecule has 0 radical (unpaired) electrons. The Balaban J connectivity index is 1.81. The Labute approximate surface area is 141 Å². The summed E-state index contributed by atoms with van der Waals surface area (Å²) in [5.74, 6) is -0.362. The largest absolute Gasteiger partial charge is 0.354 e. The fraction of sp³-hybridized carbons (Fsp3) is 0.389. The molecule has 6 nitrogen and oxygen atoms in total. The lowest BCUT2D eigenvalue weighted by Crippen LogP contribution is -2.45. The fourth-order valence-corrected chi connectivity index (χ4v) is 2.99. The summed E-state index contributed by atoms with van der Waals surface area (Å²) in [6, 6.07) is 7.41. The standard InChI is InChI=1S/C18H22N4O2/c1-12-7-3-4-9-16(12)22-13(2)14(11-20-22)17(23)21-15-8-5-6-10-19-18(15)24/h3-4,7,9,11,15H,5-6,8,10H2,1-2H3,(H,19,24)(H,21,23). The molecule has 2 N–H and O–H groups in total. The fourth-order valence-electron chi connectivity index (χ4n) is 2.99. The van der Waals surface area contributed by atoms with Crippen LogP contribution in [-0.4, -0.2) is 34.2 Å². The molecule has 1 aromatic carbocycles. The first-order chi connectivity index (χ1) is 11.6. The van der Waals surface area contributed by atoms with Crippen molar-refractivity contribution in [3.63, 3.8) is 0 Å². The van der Waals surface area contributed by atoms with Gasteiger partial charge in [-0.2, -0.15) is 5.10 Å². The molecule has 1 aromatic heterocycles. The summed E-state index contributed by atoms with van der Waals surface area (Å²) < 4.78 is 1.76. The zero-order valence-corrected chi connectivity index (χ0v) is 14.0. The summed E-state index contributed by atoms with van der Waals surface area (Å²) in [7, 11) is 0. The number of carbonyl (C=O) groups is 2. The summed E-state index contributed by atoms with van der Waals surface area (Å²) >= 11 is 0. The van der Waals surface area contributed by atoms with Crippen molar-refractivity contribution in [2.45, 2.75) is 39.2 Å². The van der Waals surface area contributed by atoms with Crippen molar-refractivity contribution in [3.8, 4) is 5.69 Å². The Kier molecular flexibility index (Phi) is 4.64. The van der Waals surface area contributed by atoms with Crippen LogP contribution < -0.4 is 10.6 Å². The highest BCUT2D eigenvalue weighted by atomic mass is 16.2. The number of benzene rings is 1. The summed E-state index contributed by atoms with van der Waals surface area (Å²) in [4.78, 5) is 24.6. The summed E-state index contributed by atoms with van der Waals surface area (Å²) in [5, 5.41) is 10.0. The van der Waals surface area contributed by atoms with Crippen molar-refractivity contribution >= 4 is 11.8 Å². The predicted molar refractivity (Wildman–Crippen MR) is 91.2 cm³/mol. The number of nitrogens with zero attached hydrogens (tertiary/aromatic N) is 2. The Bertz CT molecular complexity index is 766. The van der Waals surface area contributed by atoms with E-state index in [1.54, 1.807) is 10.9 Å². The first-order valence-electron chi connectivity index (χ1n) is 8.27. The van der Waals surface area contributed by atoms with Gasteiger partial charge in [0.1, 0.15) is 6.04 Å². The lowest BCUT2D eigenvalue weighted by Gasteiger charge is -2.15. The molecule has 0 aliphatic carbocycles. The van der Waals surface area contributed by atoms with Gasteiger partial charge in [0.25, 0.3) is 5.91 Å². The van der Waals surface area contributed by atoms with Gasteiger partial charge in [0.05, 0.1) is 23.1 Å². The monoisotopic (exact) mass is 326 g/mol. The molecule has 1 saturated heterocycles. The SMILES string of the molecule is Cc1ccccc1-n1ncc(C(=O)NC2CCCCNC2=O)c1C. The van der Waals surface area contributed by atoms with Crippen LogP contribution in [0.15, 0.2) is 30.5 Å². The smallest absolute Gasteiger partial charge is 0.255 e. The van der Waals surface area contributed by atoms with E-state index in [-0.39, 0.29) is 11.8 Å². The predicted octanol–water partition coefficient (Wildman–Crippen LogP) is 1.89. The van der Waals surface area contributed by atoms with Crippen molar-refractivity contribution in [2.24, 2.45) is 0 Å². The second-order valence-corrected chi connectivity index (χ2v) is 6.15. The molecular weight excluding hydrogens is 304 g/mol. The molecule has 2 amide bonds. The Morgan fingerprint density at radius 3 is 2.88 bits per heavy atom. The van der Waals surface area contributed by atoms with Gasteiger partial charge in [0.15, 0.2) is 0 Å². The van der Waals surface area contributed by atoms with Crippen LogP contribution in [0, 0.1) is 13.8 Å². The number of hydrogen-bond donors (Lipinski definition) is 2. The van der Waals surface area contributed by atoms with E-state index < -0.39 is 6.04 Å². The lowest BCUT2D eigenvalue weighted by molar-refractivity contribution is -0.122. The van der Waals surface area contributed by atoms with Gasteiger partial charge in [-0.3, -0.25) is 9.59 Å². The molecule has 1 unspecified atom stereocenters. The molecule has 126 valence electrons. The normalized spacial score (nSPS) is 17.9. The molecule has 0 bridgehead atoms. The first kappa shape index (κ1) is 16.2. The van der Waals surface area contributed by atoms with E-state index in [0.29, 0.717) is 18.5 Å². The van der Waals surface area contributed by atoms with Gasteiger partial charge in [-0.15, -0.1) is 0 Å². The van der Waals surface area contributed by atoms with E-state index in [2.05, 4.69) is 15.7 Å². The molecule has 6 heteroatoms. The third-order valence-electron chi connectivity index (χ3n) is 4.44. The molecule has 2 heterocycles. The number of nitrogens with one attached hydrogen (secondary N) is 2. The zero-order valence-electron chi connectivity index (χ0n) is 14.0. The third-order valence-corrected chi connectivity index (χ3v) is 4.44. The van der Waals surface area contributed by atoms with Crippen LogP contribution in [0.1, 0.15) is 40.9 Å². The minimum atomic E-state index is -0.471. The van der Waals surface area contributed by atoms with Crippen LogP contribution in [0.3, 0.4) is 0 Å². The average Bonchev–Trinajstić information content (AvgIpc) is 2.83. The molecule has 3 rings (SSSR count). The van der Waals surface area contributed by atoms with E-state index in [9.17, 15) is 9.59 Å². The number of aromatic nitrogens is 2. The number of carbonyl (C=O) groups excluding carboxylic acids is 2. The number of amides is 2. The second-order valence-electron chi connectivity index (χ2n) is 6.15. The van der Waals surface area contributed by atoms with Crippen LogP contribution in [0.5, 0.6) is 0 Å². The van der Waals surface area contributed by atoms with E-state index in [4.69, 9.17) is 0 Å². The van der Waals surface area contributed by atoms with Gasteiger partial charge >= 0.3 is 0 Å². The second kappa shape index (κ2) is 6.86. The van der Waals surface area contributed by atoms with E-state index in [1.807, 2.05) is 38.1 Å². The van der Waals surface area contributed by atoms with Crippen LogP contribution >= 0.6 is 0 Å². The van der Waals surface area contributed by atoms with Crippen LogP contribution in [0.2, 0.25) is 0 Å². The molecule has 1 aliphatic heterocycles. The topological polar surface area (TPSA) is 76.0 Å². The van der Waals surface area contributed by atoms with Crippen molar-refractivity contribution in [2.75, 3.05) is 6.54 Å². The van der Waals surface area contributed by atoms with Crippen LogP contribution in [0.4, 0.5) is 0 Å². The highest BCUT2D eigenvalue weighted by molar-refractivity contribution is 5.98. The summed E-state index contributed by atoms with van der Waals surface area (Å²) in [6.07, 6.45) is 4.10. The zero-order chi connectivity index (χ0) is 17.1. The molecule has 1 atom stereocenters. The third kappa shape index (κ3) is 3.18. The molecule has 24 heavy (non-hydrogen) atoms. The average molecular weight is 326 g/mol. The van der Waals surface area contributed by atoms with Crippen molar-refractivity contribution < 1.29 is 9.59 Å². The molecule has 1 fully saturated rings. The van der Waals surface area contributed by atoms with E-state index in [1.165, 1.54) is 0 Å². The molecule has 1 aliphatic rings. The van der Waals surface area contributed by atoms with Gasteiger partial charge in [-0.05, 0) is 44.7 Å². The van der Waals surface area contributed by atoms with Crippen molar-refractivity contribution in [3.05, 3.63) is 47.3 Å². The van der Waals surface area contributed by atoms with Crippen LogP contribution in [-0.2, 0) is 4.79 Å². The van der Waals surface area contributed by atoms with Gasteiger partial charge in [-0.1, -0.05) is 18.2 Å². The summed E-state index contributed by atoms with van der Waals surface area (Å²) in [6.45, 7) is 4.54. The quantitative estimate of drug-likeness (QED) is 0.904. The molecule has 2 aromatic rings. The minimum Gasteiger partial charge on any atom is -0.354 e. The summed E-state index contributed by atoms with van der Waals surface area (Å²) in [5.41, 5.74) is 3.28. The number of hydrogen-bond acceptors (Lipinski definition) is 3. The highest BCUT2D eigenvalue weighted by Gasteiger charge is 2.24. The number of para-hydroxylation sites is 1.